The number of anilines is 1. The van der Waals surface area contributed by atoms with Crippen LogP contribution in [0.2, 0.25) is 0 Å². The molecule has 0 fully saturated rings. The van der Waals surface area contributed by atoms with Crippen molar-refractivity contribution in [1.82, 2.24) is 4.72 Å². The van der Waals surface area contributed by atoms with Gasteiger partial charge in [0.25, 0.3) is 0 Å². The number of sulfonamides is 1. The van der Waals surface area contributed by atoms with Crippen LogP contribution >= 0.6 is 0 Å². The van der Waals surface area contributed by atoms with Gasteiger partial charge in [0.15, 0.2) is 0 Å². The fourth-order valence-corrected chi connectivity index (χ4v) is 2.92. The highest BCUT2D eigenvalue weighted by Crippen LogP contribution is 2.20. The second kappa shape index (κ2) is 5.39. The first kappa shape index (κ1) is 15.8. The van der Waals surface area contributed by atoms with E-state index in [9.17, 15) is 25.6 Å². The summed E-state index contributed by atoms with van der Waals surface area (Å²) in [6, 6.07) is 0.980. The molecule has 0 spiro atoms. The predicted octanol–water partition coefficient (Wildman–Crippen LogP) is -0.130. The Balaban J connectivity index is 2.98. The zero-order chi connectivity index (χ0) is 14.8. The molecule has 0 heterocycles. The zero-order valence-corrected chi connectivity index (χ0v) is 11.5. The summed E-state index contributed by atoms with van der Waals surface area (Å²) in [6.07, 6.45) is 0.928. The molecule has 0 aromatic heterocycles. The highest BCUT2D eigenvalue weighted by atomic mass is 32.2. The molecule has 0 saturated heterocycles. The number of nitrogens with two attached hydrogens (primary N) is 1. The third-order valence-electron chi connectivity index (χ3n) is 2.11. The standard InChI is InChI=1S/C9H12F2N2O4S2/c1-18(14,15)3-2-13-19(16,17)9-5-8(12)6(10)4-7(9)11/h4-5,13H,2-3,12H2,1H3. The second-order valence-electron chi connectivity index (χ2n) is 3.83. The quantitative estimate of drug-likeness (QED) is 0.736. The summed E-state index contributed by atoms with van der Waals surface area (Å²) in [4.78, 5) is -0.833. The topological polar surface area (TPSA) is 106 Å². The minimum Gasteiger partial charge on any atom is -0.396 e. The van der Waals surface area contributed by atoms with Gasteiger partial charge in [0.2, 0.25) is 10.0 Å². The average molecular weight is 314 g/mol. The van der Waals surface area contributed by atoms with Crippen LogP contribution in [-0.2, 0) is 19.9 Å². The zero-order valence-electron chi connectivity index (χ0n) is 9.85. The van der Waals surface area contributed by atoms with Crippen LogP contribution in [-0.4, -0.2) is 35.4 Å². The van der Waals surface area contributed by atoms with Gasteiger partial charge < -0.3 is 5.73 Å². The molecule has 1 rings (SSSR count). The van der Waals surface area contributed by atoms with Gasteiger partial charge in [-0.15, -0.1) is 0 Å². The van der Waals surface area contributed by atoms with E-state index in [4.69, 9.17) is 5.73 Å². The van der Waals surface area contributed by atoms with E-state index in [1.165, 1.54) is 0 Å². The molecule has 0 amide bonds. The van der Waals surface area contributed by atoms with Gasteiger partial charge in [0.05, 0.1) is 11.4 Å². The number of sulfone groups is 1. The van der Waals surface area contributed by atoms with Crippen LogP contribution in [0.3, 0.4) is 0 Å². The third kappa shape index (κ3) is 4.40. The Morgan fingerprint density at radius 1 is 1.16 bits per heavy atom. The Morgan fingerprint density at radius 2 is 1.74 bits per heavy atom. The van der Waals surface area contributed by atoms with Crippen molar-refractivity contribution < 1.29 is 25.6 Å². The monoisotopic (exact) mass is 314 g/mol. The van der Waals surface area contributed by atoms with Crippen LogP contribution < -0.4 is 10.5 Å². The molecule has 0 unspecified atom stereocenters. The van der Waals surface area contributed by atoms with Crippen molar-refractivity contribution in [2.75, 3.05) is 24.3 Å². The molecule has 3 N–H and O–H groups in total. The van der Waals surface area contributed by atoms with E-state index in [0.29, 0.717) is 12.1 Å². The van der Waals surface area contributed by atoms with Crippen LogP contribution in [0.1, 0.15) is 0 Å². The van der Waals surface area contributed by atoms with Crippen LogP contribution in [0.25, 0.3) is 0 Å². The van der Waals surface area contributed by atoms with Gasteiger partial charge in [-0.2, -0.15) is 0 Å². The molecule has 6 nitrogen and oxygen atoms in total. The molecule has 0 bridgehead atoms. The van der Waals surface area contributed by atoms with E-state index in [0.717, 1.165) is 6.26 Å². The minimum absolute atomic E-state index is 0.348. The average Bonchev–Trinajstić information content (AvgIpc) is 2.20. The number of hydrogen-bond acceptors (Lipinski definition) is 5. The smallest absolute Gasteiger partial charge is 0.243 e. The molecular formula is C9H12F2N2O4S2. The third-order valence-corrected chi connectivity index (χ3v) is 4.53. The van der Waals surface area contributed by atoms with Crippen molar-refractivity contribution in [3.05, 3.63) is 23.8 Å². The first-order valence-electron chi connectivity index (χ1n) is 4.95. The summed E-state index contributed by atoms with van der Waals surface area (Å²) in [7, 11) is -7.65. The molecule has 1 aromatic carbocycles. The SMILES string of the molecule is CS(=O)(=O)CCNS(=O)(=O)c1cc(N)c(F)cc1F. The first-order valence-corrected chi connectivity index (χ1v) is 8.49. The fourth-order valence-electron chi connectivity index (χ4n) is 1.19. The van der Waals surface area contributed by atoms with Gasteiger partial charge in [0.1, 0.15) is 26.4 Å². The van der Waals surface area contributed by atoms with Gasteiger partial charge >= 0.3 is 0 Å². The maximum absolute atomic E-state index is 13.4. The largest absolute Gasteiger partial charge is 0.396 e. The molecule has 0 radical (unpaired) electrons. The van der Waals surface area contributed by atoms with E-state index >= 15 is 0 Å². The number of nitrogens with one attached hydrogen (secondary N) is 1. The van der Waals surface area contributed by atoms with Crippen molar-refractivity contribution in [3.63, 3.8) is 0 Å². The maximum Gasteiger partial charge on any atom is 0.243 e. The van der Waals surface area contributed by atoms with Crippen molar-refractivity contribution in [1.29, 1.82) is 0 Å². The van der Waals surface area contributed by atoms with Crippen molar-refractivity contribution in [2.24, 2.45) is 0 Å². The van der Waals surface area contributed by atoms with E-state index in [1.54, 1.807) is 0 Å². The molecule has 108 valence electrons. The second-order valence-corrected chi connectivity index (χ2v) is 7.83. The van der Waals surface area contributed by atoms with E-state index in [2.05, 4.69) is 0 Å². The van der Waals surface area contributed by atoms with Crippen LogP contribution in [0, 0.1) is 11.6 Å². The van der Waals surface area contributed by atoms with Gasteiger partial charge in [-0.3, -0.25) is 0 Å². The van der Waals surface area contributed by atoms with Crippen molar-refractivity contribution >= 4 is 25.5 Å². The molecule has 0 atom stereocenters. The summed E-state index contributed by atoms with van der Waals surface area (Å²) in [5.74, 6) is -2.82. The lowest BCUT2D eigenvalue weighted by Gasteiger charge is -2.08. The fraction of sp³-hybridized carbons (Fsp3) is 0.333. The number of halogens is 2. The Labute approximate surface area is 109 Å². The first-order chi connectivity index (χ1) is 8.53. The van der Waals surface area contributed by atoms with Gasteiger partial charge in [-0.25, -0.2) is 30.3 Å². The highest BCUT2D eigenvalue weighted by Gasteiger charge is 2.21. The summed E-state index contributed by atoms with van der Waals surface area (Å²) >= 11 is 0. The Kier molecular flexibility index (Phi) is 4.48. The van der Waals surface area contributed by atoms with Crippen LogP contribution in [0.15, 0.2) is 17.0 Å². The number of rotatable bonds is 5. The van der Waals surface area contributed by atoms with E-state index < -0.39 is 54.4 Å². The molecule has 0 aliphatic heterocycles. The van der Waals surface area contributed by atoms with Crippen LogP contribution in [0.4, 0.5) is 14.5 Å². The molecule has 0 aliphatic carbocycles. The number of nitrogen functional groups attached to an aromatic ring is 1. The minimum atomic E-state index is -4.29. The van der Waals surface area contributed by atoms with Gasteiger partial charge in [-0.1, -0.05) is 0 Å². The Bertz CT molecular complexity index is 686. The molecule has 1 aromatic rings. The molecule has 0 saturated carbocycles. The van der Waals surface area contributed by atoms with Crippen molar-refractivity contribution in [2.45, 2.75) is 4.90 Å². The number of benzene rings is 1. The Hall–Kier alpha value is -1.26. The van der Waals surface area contributed by atoms with Gasteiger partial charge in [-0.05, 0) is 6.07 Å². The van der Waals surface area contributed by atoms with E-state index in [-0.39, 0.29) is 0 Å². The molecular weight excluding hydrogens is 302 g/mol. The molecule has 19 heavy (non-hydrogen) atoms. The molecule has 10 heteroatoms. The summed E-state index contributed by atoms with van der Waals surface area (Å²) in [5.41, 5.74) is 4.63. The van der Waals surface area contributed by atoms with E-state index in [1.807, 2.05) is 4.72 Å². The molecule has 0 aliphatic rings. The summed E-state index contributed by atoms with van der Waals surface area (Å²) in [6.45, 7) is -0.419. The normalized spacial score (nSPS) is 12.6. The lowest BCUT2D eigenvalue weighted by atomic mass is 10.3. The van der Waals surface area contributed by atoms with Crippen molar-refractivity contribution in [3.8, 4) is 0 Å². The van der Waals surface area contributed by atoms with Crippen LogP contribution in [0.5, 0.6) is 0 Å². The van der Waals surface area contributed by atoms with Gasteiger partial charge in [0, 0.05) is 18.9 Å². The summed E-state index contributed by atoms with van der Waals surface area (Å²) in [5, 5.41) is 0. The lowest BCUT2D eigenvalue weighted by Crippen LogP contribution is -2.29. The summed E-state index contributed by atoms with van der Waals surface area (Å²) < 4.78 is 73.2. The predicted molar refractivity (Wildman–Crippen MR) is 65.7 cm³/mol. The Morgan fingerprint density at radius 3 is 2.26 bits per heavy atom. The highest BCUT2D eigenvalue weighted by molar-refractivity contribution is 7.91. The lowest BCUT2D eigenvalue weighted by molar-refractivity contribution is 0.545. The number of hydrogen-bond donors (Lipinski definition) is 2. The maximum atomic E-state index is 13.4.